The summed E-state index contributed by atoms with van der Waals surface area (Å²) >= 11 is 0. The standard InChI is InChI=1S/C9H12N2O/c1-3-7-11(2)9(12)8-5-4-6-10-8/h3-6,10H,1,7H2,2H3. The van der Waals surface area contributed by atoms with Gasteiger partial charge >= 0.3 is 0 Å². The minimum Gasteiger partial charge on any atom is -0.357 e. The van der Waals surface area contributed by atoms with Crippen molar-refractivity contribution >= 4 is 5.91 Å². The fourth-order valence-electron chi connectivity index (χ4n) is 0.946. The number of rotatable bonds is 3. The van der Waals surface area contributed by atoms with Gasteiger partial charge in [-0.05, 0) is 12.1 Å². The van der Waals surface area contributed by atoms with Crippen LogP contribution in [0.25, 0.3) is 0 Å². The molecule has 3 nitrogen and oxygen atoms in total. The van der Waals surface area contributed by atoms with E-state index in [4.69, 9.17) is 0 Å². The Bertz CT molecular complexity index is 264. The molecule has 0 spiro atoms. The first kappa shape index (κ1) is 8.59. The Hall–Kier alpha value is -1.51. The van der Waals surface area contributed by atoms with Gasteiger partial charge in [-0.25, -0.2) is 0 Å². The Morgan fingerprint density at radius 2 is 2.58 bits per heavy atom. The number of likely N-dealkylation sites (N-methyl/N-ethyl adjacent to an activating group) is 1. The minimum atomic E-state index is -0.0140. The van der Waals surface area contributed by atoms with Crippen LogP contribution in [-0.2, 0) is 0 Å². The Balaban J connectivity index is 2.65. The fraction of sp³-hybridized carbons (Fsp3) is 0.222. The number of nitrogens with zero attached hydrogens (tertiary/aromatic N) is 1. The molecule has 1 rings (SSSR count). The molecule has 0 fully saturated rings. The van der Waals surface area contributed by atoms with Gasteiger partial charge in [0.2, 0.25) is 0 Å². The highest BCUT2D eigenvalue weighted by Gasteiger charge is 2.09. The molecule has 1 aromatic rings. The second-order valence-electron chi connectivity index (χ2n) is 2.56. The first-order valence-corrected chi connectivity index (χ1v) is 3.75. The molecule has 1 aromatic heterocycles. The van der Waals surface area contributed by atoms with Gasteiger partial charge in [0.15, 0.2) is 0 Å². The van der Waals surface area contributed by atoms with Gasteiger partial charge < -0.3 is 9.88 Å². The molecule has 0 radical (unpaired) electrons. The van der Waals surface area contributed by atoms with Crippen molar-refractivity contribution in [2.45, 2.75) is 0 Å². The average Bonchev–Trinajstić information content (AvgIpc) is 2.55. The van der Waals surface area contributed by atoms with Gasteiger partial charge in [-0.15, -0.1) is 6.58 Å². The Kier molecular flexibility index (Phi) is 2.69. The number of aromatic amines is 1. The van der Waals surface area contributed by atoms with Crippen molar-refractivity contribution in [2.24, 2.45) is 0 Å². The van der Waals surface area contributed by atoms with Gasteiger partial charge in [0.1, 0.15) is 5.69 Å². The monoisotopic (exact) mass is 164 g/mol. The largest absolute Gasteiger partial charge is 0.357 e. The number of nitrogens with one attached hydrogen (secondary N) is 1. The molecule has 12 heavy (non-hydrogen) atoms. The first-order chi connectivity index (χ1) is 5.75. The van der Waals surface area contributed by atoms with Crippen LogP contribution >= 0.6 is 0 Å². The highest BCUT2D eigenvalue weighted by atomic mass is 16.2. The predicted molar refractivity (Wildman–Crippen MR) is 48.0 cm³/mol. The van der Waals surface area contributed by atoms with Crippen LogP contribution in [0.15, 0.2) is 31.0 Å². The quantitative estimate of drug-likeness (QED) is 0.671. The van der Waals surface area contributed by atoms with Crippen LogP contribution < -0.4 is 0 Å². The summed E-state index contributed by atoms with van der Waals surface area (Å²) in [5.74, 6) is -0.0140. The molecule has 3 heteroatoms. The molecule has 0 atom stereocenters. The maximum atomic E-state index is 11.4. The van der Waals surface area contributed by atoms with Gasteiger partial charge in [0.25, 0.3) is 5.91 Å². The number of carbonyl (C=O) groups excluding carboxylic acids is 1. The van der Waals surface area contributed by atoms with Crippen molar-refractivity contribution in [1.82, 2.24) is 9.88 Å². The molecule has 0 aromatic carbocycles. The third kappa shape index (κ3) is 1.75. The molecule has 1 heterocycles. The molecular formula is C9H12N2O. The van der Waals surface area contributed by atoms with Crippen molar-refractivity contribution in [1.29, 1.82) is 0 Å². The molecule has 0 aliphatic carbocycles. The van der Waals surface area contributed by atoms with Crippen LogP contribution in [0.1, 0.15) is 10.5 Å². The van der Waals surface area contributed by atoms with Crippen LogP contribution in [0.4, 0.5) is 0 Å². The molecule has 64 valence electrons. The van der Waals surface area contributed by atoms with Crippen LogP contribution in [0.3, 0.4) is 0 Å². The van der Waals surface area contributed by atoms with E-state index in [-0.39, 0.29) is 5.91 Å². The third-order valence-electron chi connectivity index (χ3n) is 1.58. The summed E-state index contributed by atoms with van der Waals surface area (Å²) in [6.07, 6.45) is 3.43. The SMILES string of the molecule is C=CCN(C)C(=O)c1ccc[nH]1. The summed E-state index contributed by atoms with van der Waals surface area (Å²) in [4.78, 5) is 15.9. The van der Waals surface area contributed by atoms with Crippen LogP contribution in [-0.4, -0.2) is 29.4 Å². The maximum absolute atomic E-state index is 11.4. The molecule has 0 saturated carbocycles. The van der Waals surface area contributed by atoms with Gasteiger partial charge in [-0.3, -0.25) is 4.79 Å². The van der Waals surface area contributed by atoms with Crippen LogP contribution in [0, 0.1) is 0 Å². The zero-order valence-corrected chi connectivity index (χ0v) is 7.08. The summed E-state index contributed by atoms with van der Waals surface area (Å²) in [5.41, 5.74) is 0.611. The summed E-state index contributed by atoms with van der Waals surface area (Å²) in [6, 6.07) is 3.55. The summed E-state index contributed by atoms with van der Waals surface area (Å²) in [6.45, 7) is 4.13. The van der Waals surface area contributed by atoms with E-state index in [9.17, 15) is 4.79 Å². The van der Waals surface area contributed by atoms with E-state index in [1.54, 1.807) is 36.4 Å². The number of aromatic nitrogens is 1. The molecule has 1 amide bonds. The Morgan fingerprint density at radius 1 is 1.83 bits per heavy atom. The number of amides is 1. The molecule has 1 N–H and O–H groups in total. The highest BCUT2D eigenvalue weighted by Crippen LogP contribution is 1.99. The van der Waals surface area contributed by atoms with Crippen molar-refractivity contribution in [2.75, 3.05) is 13.6 Å². The molecule has 0 aliphatic heterocycles. The van der Waals surface area contributed by atoms with Crippen molar-refractivity contribution in [3.05, 3.63) is 36.7 Å². The summed E-state index contributed by atoms with van der Waals surface area (Å²) < 4.78 is 0. The van der Waals surface area contributed by atoms with E-state index in [1.165, 1.54) is 0 Å². The van der Waals surface area contributed by atoms with E-state index in [2.05, 4.69) is 11.6 Å². The van der Waals surface area contributed by atoms with Gasteiger partial charge in [0, 0.05) is 19.8 Å². The van der Waals surface area contributed by atoms with E-state index in [0.29, 0.717) is 12.2 Å². The topological polar surface area (TPSA) is 36.1 Å². The zero-order chi connectivity index (χ0) is 8.97. The van der Waals surface area contributed by atoms with Gasteiger partial charge in [-0.2, -0.15) is 0 Å². The summed E-state index contributed by atoms with van der Waals surface area (Å²) in [5, 5.41) is 0. The Labute approximate surface area is 71.7 Å². The van der Waals surface area contributed by atoms with Crippen molar-refractivity contribution in [3.63, 3.8) is 0 Å². The lowest BCUT2D eigenvalue weighted by Crippen LogP contribution is -2.26. The first-order valence-electron chi connectivity index (χ1n) is 3.75. The van der Waals surface area contributed by atoms with E-state index < -0.39 is 0 Å². The van der Waals surface area contributed by atoms with Crippen molar-refractivity contribution < 1.29 is 4.79 Å². The zero-order valence-electron chi connectivity index (χ0n) is 7.08. The summed E-state index contributed by atoms with van der Waals surface area (Å²) in [7, 11) is 1.74. The third-order valence-corrected chi connectivity index (χ3v) is 1.58. The second-order valence-corrected chi connectivity index (χ2v) is 2.56. The lowest BCUT2D eigenvalue weighted by atomic mass is 10.4. The predicted octanol–water partition coefficient (Wildman–Crippen LogP) is 1.27. The maximum Gasteiger partial charge on any atom is 0.270 e. The fourth-order valence-corrected chi connectivity index (χ4v) is 0.946. The average molecular weight is 164 g/mol. The second kappa shape index (κ2) is 3.76. The van der Waals surface area contributed by atoms with E-state index in [1.807, 2.05) is 0 Å². The normalized spacial score (nSPS) is 9.42. The van der Waals surface area contributed by atoms with Crippen LogP contribution in [0.5, 0.6) is 0 Å². The smallest absolute Gasteiger partial charge is 0.270 e. The van der Waals surface area contributed by atoms with Crippen LogP contribution in [0.2, 0.25) is 0 Å². The minimum absolute atomic E-state index is 0.0140. The van der Waals surface area contributed by atoms with Crippen molar-refractivity contribution in [3.8, 4) is 0 Å². The lowest BCUT2D eigenvalue weighted by molar-refractivity contribution is 0.0805. The number of carbonyl (C=O) groups is 1. The molecule has 0 saturated heterocycles. The molecule has 0 bridgehead atoms. The number of hydrogen-bond donors (Lipinski definition) is 1. The number of H-pyrrole nitrogens is 1. The van der Waals surface area contributed by atoms with Gasteiger partial charge in [0.05, 0.1) is 0 Å². The van der Waals surface area contributed by atoms with E-state index in [0.717, 1.165) is 0 Å². The Morgan fingerprint density at radius 3 is 3.08 bits per heavy atom. The number of hydrogen-bond acceptors (Lipinski definition) is 1. The lowest BCUT2D eigenvalue weighted by Gasteiger charge is -2.12. The van der Waals surface area contributed by atoms with Gasteiger partial charge in [-0.1, -0.05) is 6.08 Å². The van der Waals surface area contributed by atoms with E-state index >= 15 is 0 Å². The highest BCUT2D eigenvalue weighted by molar-refractivity contribution is 5.92. The molecular weight excluding hydrogens is 152 g/mol. The molecule has 0 aliphatic rings. The molecule has 0 unspecified atom stereocenters.